The summed E-state index contributed by atoms with van der Waals surface area (Å²) >= 11 is 0. The Morgan fingerprint density at radius 3 is 2.60 bits per heavy atom. The molecule has 4 aliphatic rings. The predicted octanol–water partition coefficient (Wildman–Crippen LogP) is 1.92. The van der Waals surface area contributed by atoms with E-state index < -0.39 is 42.5 Å². The van der Waals surface area contributed by atoms with Crippen LogP contribution in [0, 0.1) is 17.8 Å². The summed E-state index contributed by atoms with van der Waals surface area (Å²) in [5.74, 6) is -2.86. The molecule has 0 spiro atoms. The lowest BCUT2D eigenvalue weighted by Gasteiger charge is -2.41. The first-order valence-electron chi connectivity index (χ1n) is 7.98. The van der Waals surface area contributed by atoms with Crippen LogP contribution in [0.15, 0.2) is 12.2 Å². The molecule has 0 aromatic heterocycles. The minimum atomic E-state index is -4.92. The van der Waals surface area contributed by atoms with Crippen molar-refractivity contribution in [3.8, 4) is 0 Å². The largest absolute Gasteiger partial charge is 0.458 e. The van der Waals surface area contributed by atoms with Gasteiger partial charge in [0.25, 0.3) is 0 Å². The van der Waals surface area contributed by atoms with Crippen molar-refractivity contribution in [3.63, 3.8) is 0 Å². The van der Waals surface area contributed by atoms with E-state index in [1.165, 1.54) is 0 Å². The second-order valence-corrected chi connectivity index (χ2v) is 6.75. The van der Waals surface area contributed by atoms with Crippen LogP contribution in [0.1, 0.15) is 25.7 Å². The molecule has 4 bridgehead atoms. The Kier molecular flexibility index (Phi) is 4.51. The molecule has 2 saturated carbocycles. The molecule has 4 rings (SSSR count). The van der Waals surface area contributed by atoms with Gasteiger partial charge in [-0.15, -0.1) is 0 Å². The fourth-order valence-corrected chi connectivity index (χ4v) is 3.95. The van der Waals surface area contributed by atoms with Gasteiger partial charge in [-0.3, -0.25) is 4.79 Å². The first kappa shape index (κ1) is 17.8. The van der Waals surface area contributed by atoms with Crippen LogP contribution >= 0.6 is 0 Å². The molecular formula is C16H17F3O6. The Bertz CT molecular complexity index is 613. The Morgan fingerprint density at radius 2 is 1.92 bits per heavy atom. The number of carbonyl (C=O) groups excluding carboxylic acids is 3. The van der Waals surface area contributed by atoms with Gasteiger partial charge in [0, 0.05) is 5.92 Å². The summed E-state index contributed by atoms with van der Waals surface area (Å²) in [5, 5.41) is 0. The number of hydrogen-bond donors (Lipinski definition) is 0. The average molecular weight is 362 g/mol. The van der Waals surface area contributed by atoms with Crippen LogP contribution in [-0.2, 0) is 28.6 Å². The SMILES string of the molecule is C=C(C(=O)OCC(=O)OC1C2CC3CC(C2)C(=O)OC1C3)C(F)(F)F. The fraction of sp³-hybridized carbons (Fsp3) is 0.688. The number of alkyl halides is 3. The Hall–Kier alpha value is -2.06. The molecule has 5 atom stereocenters. The van der Waals surface area contributed by atoms with Crippen molar-refractivity contribution in [3.05, 3.63) is 12.2 Å². The molecule has 25 heavy (non-hydrogen) atoms. The molecule has 0 aromatic rings. The van der Waals surface area contributed by atoms with Crippen molar-refractivity contribution >= 4 is 17.9 Å². The maximum Gasteiger partial charge on any atom is 0.422 e. The Labute approximate surface area is 141 Å². The van der Waals surface area contributed by atoms with Gasteiger partial charge in [0.1, 0.15) is 17.8 Å². The molecule has 2 heterocycles. The summed E-state index contributed by atoms with van der Waals surface area (Å²) < 4.78 is 51.9. The van der Waals surface area contributed by atoms with Gasteiger partial charge in [-0.25, -0.2) is 9.59 Å². The molecular weight excluding hydrogens is 345 g/mol. The predicted molar refractivity (Wildman–Crippen MR) is 74.9 cm³/mol. The highest BCUT2D eigenvalue weighted by atomic mass is 19.4. The van der Waals surface area contributed by atoms with Gasteiger partial charge in [-0.1, -0.05) is 6.58 Å². The number of fused-ring (bicyclic) bond motifs is 1. The molecule has 5 unspecified atom stereocenters. The van der Waals surface area contributed by atoms with Crippen LogP contribution in [0.5, 0.6) is 0 Å². The monoisotopic (exact) mass is 362 g/mol. The minimum Gasteiger partial charge on any atom is -0.458 e. The highest BCUT2D eigenvalue weighted by Crippen LogP contribution is 2.48. The Morgan fingerprint density at radius 1 is 1.20 bits per heavy atom. The number of esters is 3. The summed E-state index contributed by atoms with van der Waals surface area (Å²) in [6, 6.07) is 0. The zero-order valence-corrected chi connectivity index (χ0v) is 13.2. The van der Waals surface area contributed by atoms with Crippen molar-refractivity contribution in [2.45, 2.75) is 44.1 Å². The molecule has 0 aromatic carbocycles. The molecule has 9 heteroatoms. The number of ether oxygens (including phenoxy) is 3. The van der Waals surface area contributed by atoms with E-state index in [0.29, 0.717) is 18.8 Å². The standard InChI is InChI=1S/C16H17F3O6/c1-7(16(17,18)19)14(21)23-6-12(20)25-13-9-2-8-3-10(5-9)15(22)24-11(13)4-8/h8-11,13H,1-6H2. The summed E-state index contributed by atoms with van der Waals surface area (Å²) in [5.41, 5.74) is -1.69. The van der Waals surface area contributed by atoms with Crippen molar-refractivity contribution < 1.29 is 41.8 Å². The third kappa shape index (κ3) is 3.64. The molecule has 4 fully saturated rings. The van der Waals surface area contributed by atoms with Gasteiger partial charge >= 0.3 is 24.1 Å². The van der Waals surface area contributed by atoms with Crippen LogP contribution in [0.25, 0.3) is 0 Å². The minimum absolute atomic E-state index is 0.0289. The van der Waals surface area contributed by atoms with Crippen LogP contribution in [0.2, 0.25) is 0 Å². The quantitative estimate of drug-likeness (QED) is 0.432. The highest BCUT2D eigenvalue weighted by Gasteiger charge is 2.51. The topological polar surface area (TPSA) is 78.9 Å². The zero-order valence-electron chi connectivity index (χ0n) is 13.2. The van der Waals surface area contributed by atoms with Gasteiger partial charge in [0.05, 0.1) is 5.92 Å². The van der Waals surface area contributed by atoms with Crippen molar-refractivity contribution in [2.75, 3.05) is 6.61 Å². The second kappa shape index (κ2) is 6.34. The molecule has 2 aliphatic heterocycles. The number of carbonyl (C=O) groups is 3. The van der Waals surface area contributed by atoms with Crippen molar-refractivity contribution in [2.24, 2.45) is 17.8 Å². The van der Waals surface area contributed by atoms with E-state index in [2.05, 4.69) is 11.3 Å². The Balaban J connectivity index is 1.56. The molecule has 2 aliphatic carbocycles. The summed E-state index contributed by atoms with van der Waals surface area (Å²) in [6.07, 6.45) is -3.36. The fourth-order valence-electron chi connectivity index (χ4n) is 3.95. The maximum atomic E-state index is 12.3. The molecule has 6 nitrogen and oxygen atoms in total. The van der Waals surface area contributed by atoms with Gasteiger partial charge in [0.15, 0.2) is 6.61 Å². The third-order valence-corrected chi connectivity index (χ3v) is 5.02. The van der Waals surface area contributed by atoms with Crippen LogP contribution in [-0.4, -0.2) is 42.9 Å². The van der Waals surface area contributed by atoms with Gasteiger partial charge < -0.3 is 14.2 Å². The van der Waals surface area contributed by atoms with Crippen LogP contribution in [0.4, 0.5) is 13.2 Å². The molecule has 2 saturated heterocycles. The van der Waals surface area contributed by atoms with Crippen LogP contribution in [0.3, 0.4) is 0 Å². The molecule has 138 valence electrons. The molecule has 0 amide bonds. The lowest BCUT2D eigenvalue weighted by atomic mass is 9.67. The third-order valence-electron chi connectivity index (χ3n) is 5.02. The van der Waals surface area contributed by atoms with E-state index in [9.17, 15) is 27.6 Å². The van der Waals surface area contributed by atoms with E-state index in [-0.39, 0.29) is 17.8 Å². The zero-order chi connectivity index (χ0) is 18.4. The van der Waals surface area contributed by atoms with E-state index in [1.807, 2.05) is 0 Å². The van der Waals surface area contributed by atoms with Gasteiger partial charge in [0.2, 0.25) is 0 Å². The normalized spacial score (nSPS) is 33.4. The van der Waals surface area contributed by atoms with E-state index >= 15 is 0 Å². The summed E-state index contributed by atoms with van der Waals surface area (Å²) in [6.45, 7) is 1.64. The second-order valence-electron chi connectivity index (χ2n) is 6.75. The smallest absolute Gasteiger partial charge is 0.422 e. The van der Waals surface area contributed by atoms with Crippen molar-refractivity contribution in [1.29, 1.82) is 0 Å². The highest BCUT2D eigenvalue weighted by molar-refractivity contribution is 5.90. The number of rotatable bonds is 4. The van der Waals surface area contributed by atoms with E-state index in [0.717, 1.165) is 12.8 Å². The lowest BCUT2D eigenvalue weighted by Crippen LogP contribution is -2.45. The van der Waals surface area contributed by atoms with Gasteiger partial charge in [-0.05, 0) is 31.6 Å². The van der Waals surface area contributed by atoms with E-state index in [4.69, 9.17) is 9.47 Å². The van der Waals surface area contributed by atoms with Crippen LogP contribution < -0.4 is 0 Å². The number of halogens is 3. The molecule has 0 radical (unpaired) electrons. The average Bonchev–Trinajstić information content (AvgIpc) is 2.69. The van der Waals surface area contributed by atoms with Gasteiger partial charge in [-0.2, -0.15) is 13.2 Å². The molecule has 0 N–H and O–H groups in total. The first-order chi connectivity index (χ1) is 11.6. The van der Waals surface area contributed by atoms with Crippen molar-refractivity contribution in [1.82, 2.24) is 0 Å². The first-order valence-corrected chi connectivity index (χ1v) is 7.98. The van der Waals surface area contributed by atoms with E-state index in [1.54, 1.807) is 0 Å². The lowest BCUT2D eigenvalue weighted by molar-refractivity contribution is -0.178. The summed E-state index contributed by atoms with van der Waals surface area (Å²) in [7, 11) is 0. The number of hydrogen-bond acceptors (Lipinski definition) is 6. The maximum absolute atomic E-state index is 12.3. The summed E-state index contributed by atoms with van der Waals surface area (Å²) in [4.78, 5) is 35.0.